The van der Waals surface area contributed by atoms with Gasteiger partial charge in [0.05, 0.1) is 16.9 Å². The molecule has 5 rings (SSSR count). The van der Waals surface area contributed by atoms with Gasteiger partial charge in [-0.15, -0.1) is 10.2 Å². The number of fused-ring (bicyclic) bond motifs is 1. The molecule has 0 spiro atoms. The molecule has 0 bridgehead atoms. The number of hydrogen-bond donors (Lipinski definition) is 3. The fourth-order valence-electron chi connectivity index (χ4n) is 4.23. The highest BCUT2D eigenvalue weighted by Gasteiger charge is 2.17. The van der Waals surface area contributed by atoms with E-state index in [0.717, 1.165) is 24.0 Å². The van der Waals surface area contributed by atoms with Gasteiger partial charge in [-0.2, -0.15) is 0 Å². The first-order valence-corrected chi connectivity index (χ1v) is 11.1. The molecule has 8 nitrogen and oxygen atoms in total. The zero-order valence-electron chi connectivity index (χ0n) is 18.9. The van der Waals surface area contributed by atoms with E-state index in [1.54, 1.807) is 31.2 Å². The maximum Gasteiger partial charge on any atom is 0.335 e. The lowest BCUT2D eigenvalue weighted by molar-refractivity contribution is 0.0697. The predicted molar refractivity (Wildman–Crippen MR) is 133 cm³/mol. The van der Waals surface area contributed by atoms with Crippen molar-refractivity contribution in [1.29, 1.82) is 0 Å². The van der Waals surface area contributed by atoms with Crippen molar-refractivity contribution in [2.75, 3.05) is 0 Å². The highest BCUT2D eigenvalue weighted by molar-refractivity contribution is 5.88. The predicted octanol–water partition coefficient (Wildman–Crippen LogP) is 5.78. The van der Waals surface area contributed by atoms with E-state index < -0.39 is 11.5 Å². The number of nitrogens with zero attached hydrogens (tertiary/aromatic N) is 3. The highest BCUT2D eigenvalue weighted by atomic mass is 16.4. The van der Waals surface area contributed by atoms with E-state index in [2.05, 4.69) is 33.5 Å². The van der Waals surface area contributed by atoms with Gasteiger partial charge in [0, 0.05) is 5.56 Å². The maximum atomic E-state index is 13.0. The molecular formula is C27H22N4O4. The Morgan fingerprint density at radius 1 is 1.00 bits per heavy atom. The molecule has 3 aromatic carbocycles. The summed E-state index contributed by atoms with van der Waals surface area (Å²) in [6.45, 7) is 1.67. The van der Waals surface area contributed by atoms with Crippen LogP contribution >= 0.6 is 0 Å². The number of benzene rings is 3. The molecule has 0 fully saturated rings. The Balaban J connectivity index is 1.48. The zero-order chi connectivity index (χ0) is 24.5. The molecule has 0 saturated heterocycles. The van der Waals surface area contributed by atoms with Crippen LogP contribution < -0.4 is 5.56 Å². The maximum absolute atomic E-state index is 13.0. The number of carboxylic acids is 1. The second-order valence-corrected chi connectivity index (χ2v) is 8.32. The van der Waals surface area contributed by atoms with Gasteiger partial charge in [-0.05, 0) is 60.7 Å². The van der Waals surface area contributed by atoms with Gasteiger partial charge in [0.25, 0.3) is 5.56 Å². The number of phenolic OH excluding ortho intramolecular Hbond substituents is 1. The molecule has 1 aliphatic carbocycles. The summed E-state index contributed by atoms with van der Waals surface area (Å²) in [5.74, 6) is -1.08. The molecule has 0 amide bonds. The van der Waals surface area contributed by atoms with Crippen molar-refractivity contribution in [2.24, 2.45) is 10.2 Å². The second kappa shape index (κ2) is 8.90. The Hall–Kier alpha value is -4.72. The van der Waals surface area contributed by atoms with Gasteiger partial charge in [0.2, 0.25) is 0 Å². The van der Waals surface area contributed by atoms with Crippen LogP contribution in [0.2, 0.25) is 0 Å². The topological polar surface area (TPSA) is 120 Å². The molecule has 1 aromatic heterocycles. The molecule has 3 N–H and O–H groups in total. The Labute approximate surface area is 200 Å². The molecule has 0 radical (unpaired) electrons. The number of aromatic hydroxyl groups is 1. The summed E-state index contributed by atoms with van der Waals surface area (Å²) in [4.78, 5) is 24.2. The number of nitrogens with one attached hydrogen (secondary N) is 1. The average Bonchev–Trinajstić information content (AvgIpc) is 3.16. The lowest BCUT2D eigenvalue weighted by atomic mass is 9.88. The Bertz CT molecular complexity index is 1580. The van der Waals surface area contributed by atoms with E-state index in [1.165, 1.54) is 22.4 Å². The summed E-state index contributed by atoms with van der Waals surface area (Å²) < 4.78 is 1.22. The van der Waals surface area contributed by atoms with E-state index in [0.29, 0.717) is 16.9 Å². The van der Waals surface area contributed by atoms with Crippen LogP contribution in [0.3, 0.4) is 0 Å². The second-order valence-electron chi connectivity index (χ2n) is 8.32. The number of aryl methyl sites for hydroxylation is 2. The standard InChI is InChI=1S/C27H22N4O4/c1-16-24(26(33)31(30-16)21-9-4-8-20(15-21)27(34)35)29-28-23-11-5-10-22(25(23)32)19-13-12-17-6-2-3-7-18(17)14-19/h2-11,14-15,30,32H,12-13H2,1H3,(H,34,35). The van der Waals surface area contributed by atoms with E-state index in [-0.39, 0.29) is 22.7 Å². The van der Waals surface area contributed by atoms with E-state index in [9.17, 15) is 19.8 Å². The SMILES string of the molecule is Cc1[nH]n(-c2cccc(C(=O)O)c2)c(=O)c1N=Nc1cccc(C2=Cc3ccccc3CC2)c1O. The highest BCUT2D eigenvalue weighted by Crippen LogP contribution is 2.39. The number of rotatable bonds is 5. The molecule has 4 aromatic rings. The molecule has 1 aliphatic rings. The normalized spacial score (nSPS) is 13.0. The summed E-state index contributed by atoms with van der Waals surface area (Å²) in [5.41, 5.74) is 4.84. The molecule has 174 valence electrons. The number of aromatic carboxylic acids is 1. The largest absolute Gasteiger partial charge is 0.505 e. The molecule has 1 heterocycles. The van der Waals surface area contributed by atoms with Crippen LogP contribution in [0.4, 0.5) is 11.4 Å². The number of para-hydroxylation sites is 1. The number of phenols is 1. The lowest BCUT2D eigenvalue weighted by Gasteiger charge is -2.17. The minimum atomic E-state index is -1.09. The molecule has 0 saturated carbocycles. The van der Waals surface area contributed by atoms with Gasteiger partial charge in [-0.25, -0.2) is 9.48 Å². The van der Waals surface area contributed by atoms with Crippen LogP contribution in [0.5, 0.6) is 5.75 Å². The van der Waals surface area contributed by atoms with Crippen molar-refractivity contribution in [2.45, 2.75) is 19.8 Å². The van der Waals surface area contributed by atoms with E-state index in [4.69, 9.17) is 0 Å². The summed E-state index contributed by atoms with van der Waals surface area (Å²) >= 11 is 0. The van der Waals surface area contributed by atoms with E-state index >= 15 is 0 Å². The molecule has 0 atom stereocenters. The van der Waals surface area contributed by atoms with Crippen molar-refractivity contribution in [3.63, 3.8) is 0 Å². The van der Waals surface area contributed by atoms with Crippen LogP contribution in [0.25, 0.3) is 17.3 Å². The number of azo groups is 1. The first-order valence-electron chi connectivity index (χ1n) is 11.1. The monoisotopic (exact) mass is 466 g/mol. The Kier molecular flexibility index (Phi) is 5.62. The molecule has 8 heteroatoms. The summed E-state index contributed by atoms with van der Waals surface area (Å²) in [5, 5.41) is 31.4. The quantitative estimate of drug-likeness (QED) is 0.323. The number of H-pyrrole nitrogens is 1. The van der Waals surface area contributed by atoms with Gasteiger partial charge in [-0.1, -0.05) is 48.5 Å². The minimum absolute atomic E-state index is 0.00422. The number of hydrogen-bond acceptors (Lipinski definition) is 5. The first-order chi connectivity index (χ1) is 16.9. The first kappa shape index (κ1) is 22.1. The third-order valence-electron chi connectivity index (χ3n) is 6.06. The lowest BCUT2D eigenvalue weighted by Crippen LogP contribution is -2.14. The molecule has 0 unspecified atom stereocenters. The van der Waals surface area contributed by atoms with Gasteiger partial charge in [0.15, 0.2) is 11.4 Å². The van der Waals surface area contributed by atoms with Gasteiger partial charge in [0.1, 0.15) is 5.69 Å². The molecule has 0 aliphatic heterocycles. The van der Waals surface area contributed by atoms with Gasteiger partial charge in [-0.3, -0.25) is 9.89 Å². The fraction of sp³-hybridized carbons (Fsp3) is 0.111. The van der Waals surface area contributed by atoms with Gasteiger partial charge < -0.3 is 10.2 Å². The van der Waals surface area contributed by atoms with Crippen molar-refractivity contribution in [1.82, 2.24) is 9.78 Å². The van der Waals surface area contributed by atoms with Gasteiger partial charge >= 0.3 is 5.97 Å². The Morgan fingerprint density at radius 3 is 2.63 bits per heavy atom. The van der Waals surface area contributed by atoms with Crippen LogP contribution in [0.15, 0.2) is 81.8 Å². The molecular weight excluding hydrogens is 444 g/mol. The fourth-order valence-corrected chi connectivity index (χ4v) is 4.23. The summed E-state index contributed by atoms with van der Waals surface area (Å²) in [6.07, 6.45) is 3.76. The van der Waals surface area contributed by atoms with Crippen LogP contribution in [-0.4, -0.2) is 26.0 Å². The van der Waals surface area contributed by atoms with Crippen LogP contribution in [0, 0.1) is 6.92 Å². The number of carboxylic acid groups (broad SMARTS) is 1. The summed E-state index contributed by atoms with van der Waals surface area (Å²) in [6, 6.07) is 19.5. The van der Waals surface area contributed by atoms with Crippen molar-refractivity contribution < 1.29 is 15.0 Å². The number of aromatic amines is 1. The smallest absolute Gasteiger partial charge is 0.335 e. The Morgan fingerprint density at radius 2 is 1.80 bits per heavy atom. The zero-order valence-corrected chi connectivity index (χ0v) is 18.9. The van der Waals surface area contributed by atoms with Crippen molar-refractivity contribution in [3.05, 3.63) is 105 Å². The minimum Gasteiger partial charge on any atom is -0.505 e. The van der Waals surface area contributed by atoms with Crippen LogP contribution in [-0.2, 0) is 6.42 Å². The van der Waals surface area contributed by atoms with Crippen molar-refractivity contribution in [3.8, 4) is 11.4 Å². The summed E-state index contributed by atoms with van der Waals surface area (Å²) in [7, 11) is 0. The van der Waals surface area contributed by atoms with E-state index in [1.807, 2.05) is 18.2 Å². The molecule has 35 heavy (non-hydrogen) atoms. The number of aromatic nitrogens is 2. The van der Waals surface area contributed by atoms with Crippen LogP contribution in [0.1, 0.15) is 39.2 Å². The number of carbonyl (C=O) groups is 1. The third-order valence-corrected chi connectivity index (χ3v) is 6.06. The van der Waals surface area contributed by atoms with Crippen molar-refractivity contribution >= 4 is 29.0 Å². The third kappa shape index (κ3) is 4.17. The average molecular weight is 466 g/mol. The number of allylic oxidation sites excluding steroid dienone is 1.